The van der Waals surface area contributed by atoms with Crippen molar-refractivity contribution < 1.29 is 4.74 Å². The molecule has 0 bridgehead atoms. The van der Waals surface area contributed by atoms with Gasteiger partial charge in [0, 0.05) is 6.42 Å². The van der Waals surface area contributed by atoms with Crippen molar-refractivity contribution in [2.45, 2.75) is 45.8 Å². The van der Waals surface area contributed by atoms with Gasteiger partial charge in [-0.25, -0.2) is 0 Å². The molecule has 1 aliphatic rings. The van der Waals surface area contributed by atoms with E-state index in [0.29, 0.717) is 5.92 Å². The molecule has 0 saturated carbocycles. The van der Waals surface area contributed by atoms with Crippen LogP contribution in [-0.4, -0.2) is 11.7 Å². The van der Waals surface area contributed by atoms with Gasteiger partial charge in [-0.15, -0.1) is 5.92 Å². The molecule has 11 heavy (non-hydrogen) atoms. The van der Waals surface area contributed by atoms with Gasteiger partial charge in [-0.1, -0.05) is 19.8 Å². The molecule has 1 aliphatic heterocycles. The Morgan fingerprint density at radius 1 is 1.45 bits per heavy atom. The standard InChI is InChI=1S/C10H16O/c1-8(2)6-5-7-9-10(3,4)11-9/h8-9H,6H2,1-4H3. The van der Waals surface area contributed by atoms with Crippen LogP contribution in [0.1, 0.15) is 34.1 Å². The van der Waals surface area contributed by atoms with Crippen molar-refractivity contribution >= 4 is 0 Å². The maximum Gasteiger partial charge on any atom is 0.147 e. The molecule has 0 spiro atoms. The summed E-state index contributed by atoms with van der Waals surface area (Å²) >= 11 is 0. The third-order valence-corrected chi connectivity index (χ3v) is 1.74. The first-order valence-electron chi connectivity index (χ1n) is 4.18. The highest BCUT2D eigenvalue weighted by atomic mass is 16.6. The Kier molecular flexibility index (Phi) is 2.25. The maximum absolute atomic E-state index is 5.31. The van der Waals surface area contributed by atoms with Crippen LogP contribution in [0.25, 0.3) is 0 Å². The topological polar surface area (TPSA) is 12.5 Å². The van der Waals surface area contributed by atoms with Gasteiger partial charge in [0.25, 0.3) is 0 Å². The van der Waals surface area contributed by atoms with Gasteiger partial charge in [0.1, 0.15) is 11.7 Å². The van der Waals surface area contributed by atoms with Crippen molar-refractivity contribution in [1.29, 1.82) is 0 Å². The zero-order chi connectivity index (χ0) is 8.48. The molecule has 62 valence electrons. The minimum Gasteiger partial charge on any atom is -0.353 e. The summed E-state index contributed by atoms with van der Waals surface area (Å²) < 4.78 is 5.31. The van der Waals surface area contributed by atoms with Crippen LogP contribution in [0.15, 0.2) is 0 Å². The van der Waals surface area contributed by atoms with Crippen molar-refractivity contribution in [3.8, 4) is 11.8 Å². The van der Waals surface area contributed by atoms with Gasteiger partial charge in [0.15, 0.2) is 0 Å². The second-order valence-electron chi connectivity index (χ2n) is 4.02. The summed E-state index contributed by atoms with van der Waals surface area (Å²) in [5.74, 6) is 6.90. The van der Waals surface area contributed by atoms with E-state index in [1.807, 2.05) is 0 Å². The lowest BCUT2D eigenvalue weighted by molar-refractivity contribution is 0.335. The average Bonchev–Trinajstić information content (AvgIpc) is 2.39. The molecular formula is C10H16O. The van der Waals surface area contributed by atoms with Crippen LogP contribution in [0.2, 0.25) is 0 Å². The first-order valence-corrected chi connectivity index (χ1v) is 4.18. The predicted octanol–water partition coefficient (Wildman–Crippen LogP) is 2.21. The molecule has 1 heterocycles. The summed E-state index contributed by atoms with van der Waals surface area (Å²) in [4.78, 5) is 0. The number of hydrogen-bond acceptors (Lipinski definition) is 1. The van der Waals surface area contributed by atoms with E-state index < -0.39 is 0 Å². The first-order chi connectivity index (χ1) is 5.02. The van der Waals surface area contributed by atoms with Crippen LogP contribution < -0.4 is 0 Å². The Labute approximate surface area is 69.1 Å². The lowest BCUT2D eigenvalue weighted by Crippen LogP contribution is -1.99. The summed E-state index contributed by atoms with van der Waals surface area (Å²) in [7, 11) is 0. The fourth-order valence-electron chi connectivity index (χ4n) is 0.829. The van der Waals surface area contributed by atoms with Crippen molar-refractivity contribution in [1.82, 2.24) is 0 Å². The Morgan fingerprint density at radius 3 is 2.36 bits per heavy atom. The molecular weight excluding hydrogens is 136 g/mol. The quantitative estimate of drug-likeness (QED) is 0.414. The van der Waals surface area contributed by atoms with Gasteiger partial charge >= 0.3 is 0 Å². The van der Waals surface area contributed by atoms with Crippen molar-refractivity contribution in [2.24, 2.45) is 5.92 Å². The zero-order valence-electron chi connectivity index (χ0n) is 7.77. The molecule has 0 amide bonds. The second-order valence-corrected chi connectivity index (χ2v) is 4.02. The molecule has 1 fully saturated rings. The lowest BCUT2D eigenvalue weighted by atomic mass is 10.1. The molecule has 0 aliphatic carbocycles. The number of hydrogen-bond donors (Lipinski definition) is 0. The highest BCUT2D eigenvalue weighted by Gasteiger charge is 2.46. The highest BCUT2D eigenvalue weighted by Crippen LogP contribution is 2.34. The highest BCUT2D eigenvalue weighted by molar-refractivity contribution is 5.18. The van der Waals surface area contributed by atoms with Gasteiger partial charge < -0.3 is 4.74 Å². The van der Waals surface area contributed by atoms with Gasteiger partial charge in [-0.3, -0.25) is 0 Å². The van der Waals surface area contributed by atoms with E-state index in [-0.39, 0.29) is 11.7 Å². The van der Waals surface area contributed by atoms with Crippen LogP contribution in [0.4, 0.5) is 0 Å². The molecule has 0 aromatic heterocycles. The minimum atomic E-state index is 0.0317. The SMILES string of the molecule is CC(C)CC#CC1OC1(C)C. The first kappa shape index (κ1) is 8.62. The summed E-state index contributed by atoms with van der Waals surface area (Å²) in [6, 6.07) is 0. The van der Waals surface area contributed by atoms with E-state index in [1.54, 1.807) is 0 Å². The van der Waals surface area contributed by atoms with Crippen LogP contribution >= 0.6 is 0 Å². The zero-order valence-corrected chi connectivity index (χ0v) is 7.77. The summed E-state index contributed by atoms with van der Waals surface area (Å²) in [5.41, 5.74) is 0.0317. The summed E-state index contributed by atoms with van der Waals surface area (Å²) in [5, 5.41) is 0. The predicted molar refractivity (Wildman–Crippen MR) is 46.2 cm³/mol. The molecule has 1 nitrogen and oxygen atoms in total. The third-order valence-electron chi connectivity index (χ3n) is 1.74. The number of rotatable bonds is 1. The third kappa shape index (κ3) is 2.55. The van der Waals surface area contributed by atoms with E-state index in [1.165, 1.54) is 0 Å². The summed E-state index contributed by atoms with van der Waals surface area (Å²) in [6.07, 6.45) is 1.18. The average molecular weight is 152 g/mol. The Bertz CT molecular complexity index is 193. The van der Waals surface area contributed by atoms with Gasteiger partial charge in [0.05, 0.1) is 0 Å². The van der Waals surface area contributed by atoms with E-state index in [2.05, 4.69) is 39.5 Å². The van der Waals surface area contributed by atoms with Crippen molar-refractivity contribution in [2.75, 3.05) is 0 Å². The largest absolute Gasteiger partial charge is 0.353 e. The van der Waals surface area contributed by atoms with Crippen molar-refractivity contribution in [3.63, 3.8) is 0 Å². The van der Waals surface area contributed by atoms with E-state index in [0.717, 1.165) is 6.42 Å². The van der Waals surface area contributed by atoms with E-state index in [4.69, 9.17) is 4.74 Å². The van der Waals surface area contributed by atoms with E-state index >= 15 is 0 Å². The lowest BCUT2D eigenvalue weighted by Gasteiger charge is -1.92. The summed E-state index contributed by atoms with van der Waals surface area (Å²) in [6.45, 7) is 8.49. The van der Waals surface area contributed by atoms with Gasteiger partial charge in [0.2, 0.25) is 0 Å². The number of epoxide rings is 1. The fourth-order valence-corrected chi connectivity index (χ4v) is 0.829. The van der Waals surface area contributed by atoms with Crippen LogP contribution in [0, 0.1) is 17.8 Å². The Balaban J connectivity index is 2.25. The fraction of sp³-hybridized carbons (Fsp3) is 0.800. The molecule has 0 radical (unpaired) electrons. The van der Waals surface area contributed by atoms with Crippen molar-refractivity contribution in [3.05, 3.63) is 0 Å². The maximum atomic E-state index is 5.31. The molecule has 0 N–H and O–H groups in total. The smallest absolute Gasteiger partial charge is 0.147 e. The van der Waals surface area contributed by atoms with Gasteiger partial charge in [-0.05, 0) is 19.8 Å². The second kappa shape index (κ2) is 2.87. The Morgan fingerprint density at radius 2 is 2.00 bits per heavy atom. The van der Waals surface area contributed by atoms with E-state index in [9.17, 15) is 0 Å². The van der Waals surface area contributed by atoms with Crippen LogP contribution in [0.3, 0.4) is 0 Å². The molecule has 0 aromatic rings. The molecule has 1 saturated heterocycles. The monoisotopic (exact) mass is 152 g/mol. The molecule has 1 atom stereocenters. The van der Waals surface area contributed by atoms with Crippen LogP contribution in [-0.2, 0) is 4.74 Å². The minimum absolute atomic E-state index is 0.0317. The normalized spacial score (nSPS) is 26.1. The van der Waals surface area contributed by atoms with Gasteiger partial charge in [-0.2, -0.15) is 0 Å². The molecule has 1 unspecified atom stereocenters. The molecule has 1 heteroatoms. The number of ether oxygens (including phenoxy) is 1. The molecule has 1 rings (SSSR count). The molecule has 0 aromatic carbocycles. The Hall–Kier alpha value is -0.480. The van der Waals surface area contributed by atoms with Crippen LogP contribution in [0.5, 0.6) is 0 Å².